The molecule has 0 aliphatic carbocycles. The van der Waals surface area contributed by atoms with Crippen molar-refractivity contribution in [2.45, 2.75) is 12.4 Å². The molecular weight excluding hydrogens is 524 g/mol. The summed E-state index contributed by atoms with van der Waals surface area (Å²) in [5.74, 6) is -3.96. The molecule has 27 heavy (non-hydrogen) atoms. The minimum atomic E-state index is -4.71. The van der Waals surface area contributed by atoms with Crippen molar-refractivity contribution >= 4 is 37.8 Å². The summed E-state index contributed by atoms with van der Waals surface area (Å²) < 4.78 is 97.4. The molecule has 0 saturated carbocycles. The fourth-order valence-corrected chi connectivity index (χ4v) is 2.73. The Balaban J connectivity index is 0.000000277. The Bertz CT molecular complexity index is 803. The van der Waals surface area contributed by atoms with Crippen molar-refractivity contribution in [3.63, 3.8) is 0 Å². The SMILES string of the molecule is Fc1cc(Br)cc(C(F)(F)F)c1.O=C(O)c1c(F)cc(C(F)(F)F)cc1Br. The zero-order chi connectivity index (χ0) is 21.2. The lowest BCUT2D eigenvalue weighted by molar-refractivity contribution is -0.138. The Hall–Kier alpha value is -1.69. The molecule has 0 spiro atoms. The molecule has 2 rings (SSSR count). The summed E-state index contributed by atoms with van der Waals surface area (Å²) in [6, 6.07) is 2.91. The van der Waals surface area contributed by atoms with E-state index in [0.717, 1.165) is 12.1 Å². The topological polar surface area (TPSA) is 37.3 Å². The number of benzene rings is 2. The first-order chi connectivity index (χ1) is 12.1. The highest BCUT2D eigenvalue weighted by molar-refractivity contribution is 9.10. The zero-order valence-corrected chi connectivity index (χ0v) is 15.7. The van der Waals surface area contributed by atoms with Crippen LogP contribution in [-0.4, -0.2) is 11.1 Å². The number of aromatic carboxylic acids is 1. The van der Waals surface area contributed by atoms with Crippen LogP contribution in [0.25, 0.3) is 0 Å². The Morgan fingerprint density at radius 2 is 1.30 bits per heavy atom. The average molecular weight is 530 g/mol. The summed E-state index contributed by atoms with van der Waals surface area (Å²) in [4.78, 5) is 10.5. The summed E-state index contributed by atoms with van der Waals surface area (Å²) >= 11 is 5.34. The maximum Gasteiger partial charge on any atom is 0.416 e. The lowest BCUT2D eigenvalue weighted by atomic mass is 10.1. The van der Waals surface area contributed by atoms with Gasteiger partial charge in [0.15, 0.2) is 0 Å². The Kier molecular flexibility index (Phi) is 7.39. The van der Waals surface area contributed by atoms with Crippen LogP contribution in [0.3, 0.4) is 0 Å². The smallest absolute Gasteiger partial charge is 0.416 e. The zero-order valence-electron chi connectivity index (χ0n) is 12.5. The molecule has 0 heterocycles. The molecule has 0 saturated heterocycles. The average Bonchev–Trinajstić information content (AvgIpc) is 2.43. The van der Waals surface area contributed by atoms with Crippen LogP contribution in [-0.2, 0) is 12.4 Å². The lowest BCUT2D eigenvalue weighted by Gasteiger charge is -2.09. The Morgan fingerprint density at radius 3 is 1.67 bits per heavy atom. The molecule has 0 unspecified atom stereocenters. The van der Waals surface area contributed by atoms with Crippen LogP contribution >= 0.6 is 31.9 Å². The van der Waals surface area contributed by atoms with E-state index in [-0.39, 0.29) is 10.5 Å². The highest BCUT2D eigenvalue weighted by Crippen LogP contribution is 2.34. The van der Waals surface area contributed by atoms with Gasteiger partial charge in [0.2, 0.25) is 0 Å². The van der Waals surface area contributed by atoms with E-state index in [1.54, 1.807) is 0 Å². The third kappa shape index (κ3) is 6.76. The number of alkyl halides is 6. The van der Waals surface area contributed by atoms with Gasteiger partial charge in [-0.15, -0.1) is 0 Å². The number of carboxylic acid groups (broad SMARTS) is 1. The minimum absolute atomic E-state index is 0.0785. The molecule has 148 valence electrons. The number of rotatable bonds is 1. The first-order valence-corrected chi connectivity index (χ1v) is 8.04. The molecule has 0 amide bonds. The van der Waals surface area contributed by atoms with Crippen LogP contribution in [0.5, 0.6) is 0 Å². The molecule has 1 N–H and O–H groups in total. The normalized spacial score (nSPS) is 11.6. The van der Waals surface area contributed by atoms with E-state index >= 15 is 0 Å². The maximum absolute atomic E-state index is 13.0. The van der Waals surface area contributed by atoms with Crippen LogP contribution < -0.4 is 0 Å². The van der Waals surface area contributed by atoms with Crippen LogP contribution in [0.15, 0.2) is 39.3 Å². The third-order valence-corrected chi connectivity index (χ3v) is 3.86. The van der Waals surface area contributed by atoms with E-state index in [1.807, 2.05) is 0 Å². The quantitative estimate of drug-likeness (QED) is 0.407. The molecule has 2 aromatic rings. The highest BCUT2D eigenvalue weighted by atomic mass is 79.9. The van der Waals surface area contributed by atoms with Gasteiger partial charge in [-0.05, 0) is 46.3 Å². The van der Waals surface area contributed by atoms with Crippen LogP contribution in [0.1, 0.15) is 21.5 Å². The number of hydrogen-bond acceptors (Lipinski definition) is 1. The van der Waals surface area contributed by atoms with E-state index in [4.69, 9.17) is 5.11 Å². The lowest BCUT2D eigenvalue weighted by Crippen LogP contribution is -2.09. The molecule has 0 bridgehead atoms. The van der Waals surface area contributed by atoms with Gasteiger partial charge in [-0.2, -0.15) is 26.3 Å². The van der Waals surface area contributed by atoms with Crippen LogP contribution in [0.4, 0.5) is 35.1 Å². The molecule has 0 atom stereocenters. The molecule has 12 heteroatoms. The minimum Gasteiger partial charge on any atom is -0.478 e. The molecule has 2 aromatic carbocycles. The largest absolute Gasteiger partial charge is 0.478 e. The van der Waals surface area contributed by atoms with Gasteiger partial charge in [-0.25, -0.2) is 13.6 Å². The van der Waals surface area contributed by atoms with Gasteiger partial charge in [0, 0.05) is 8.95 Å². The van der Waals surface area contributed by atoms with Gasteiger partial charge in [0.05, 0.1) is 11.1 Å². The monoisotopic (exact) mass is 528 g/mol. The van der Waals surface area contributed by atoms with Gasteiger partial charge in [0.25, 0.3) is 0 Å². The molecule has 0 aliphatic rings. The molecule has 0 aliphatic heterocycles. The Morgan fingerprint density at radius 1 is 0.815 bits per heavy atom. The van der Waals surface area contributed by atoms with Crippen molar-refractivity contribution in [1.29, 1.82) is 0 Å². The van der Waals surface area contributed by atoms with Crippen molar-refractivity contribution in [3.05, 3.63) is 67.6 Å². The molecule has 0 fully saturated rings. The van der Waals surface area contributed by atoms with Crippen molar-refractivity contribution in [2.75, 3.05) is 0 Å². The van der Waals surface area contributed by atoms with Gasteiger partial charge in [-0.1, -0.05) is 15.9 Å². The fourth-order valence-electron chi connectivity index (χ4n) is 1.66. The summed E-state index contributed by atoms with van der Waals surface area (Å²) in [6.07, 6.45) is -9.20. The summed E-state index contributed by atoms with van der Waals surface area (Å²) in [5, 5.41) is 8.49. The second-order valence-electron chi connectivity index (χ2n) is 4.77. The van der Waals surface area contributed by atoms with Crippen molar-refractivity contribution in [3.8, 4) is 0 Å². The van der Waals surface area contributed by atoms with Crippen molar-refractivity contribution in [1.82, 2.24) is 0 Å². The fraction of sp³-hybridized carbons (Fsp3) is 0.133. The van der Waals surface area contributed by atoms with E-state index in [2.05, 4.69) is 31.9 Å². The number of carboxylic acids is 1. The molecule has 2 nitrogen and oxygen atoms in total. The van der Waals surface area contributed by atoms with Crippen LogP contribution in [0, 0.1) is 11.6 Å². The van der Waals surface area contributed by atoms with Crippen LogP contribution in [0.2, 0.25) is 0 Å². The standard InChI is InChI=1S/C8H3BrF4O2.C7H3BrF4/c9-4-1-3(8(11,12)13)2-5(10)6(4)7(14)15;8-5-1-4(7(10,11)12)2-6(9)3-5/h1-2H,(H,14,15);1-3H. The van der Waals surface area contributed by atoms with E-state index in [0.29, 0.717) is 12.1 Å². The second-order valence-corrected chi connectivity index (χ2v) is 6.54. The van der Waals surface area contributed by atoms with E-state index in [1.165, 1.54) is 0 Å². The highest BCUT2D eigenvalue weighted by Gasteiger charge is 2.33. The predicted octanol–water partition coefficient (Wildman–Crippen LogP) is 6.91. The first kappa shape index (κ1) is 23.3. The molecule has 0 aromatic heterocycles. The third-order valence-electron chi connectivity index (χ3n) is 2.77. The summed E-state index contributed by atoms with van der Waals surface area (Å²) in [5.41, 5.74) is -3.05. The first-order valence-electron chi connectivity index (χ1n) is 6.45. The van der Waals surface area contributed by atoms with Crippen molar-refractivity contribution < 1.29 is 45.0 Å². The summed E-state index contributed by atoms with van der Waals surface area (Å²) in [6.45, 7) is 0. The summed E-state index contributed by atoms with van der Waals surface area (Å²) in [7, 11) is 0. The van der Waals surface area contributed by atoms with Gasteiger partial charge >= 0.3 is 18.3 Å². The second kappa shape index (κ2) is 8.55. The van der Waals surface area contributed by atoms with E-state index < -0.39 is 51.1 Å². The number of carbonyl (C=O) groups is 1. The Labute approximate surface area is 163 Å². The van der Waals surface area contributed by atoms with Gasteiger partial charge < -0.3 is 5.11 Å². The number of halogens is 10. The number of hydrogen-bond donors (Lipinski definition) is 1. The molecular formula is C15H6Br2F8O2. The van der Waals surface area contributed by atoms with Gasteiger partial charge in [-0.3, -0.25) is 0 Å². The van der Waals surface area contributed by atoms with Crippen molar-refractivity contribution in [2.24, 2.45) is 0 Å². The predicted molar refractivity (Wildman–Crippen MR) is 85.2 cm³/mol. The molecule has 0 radical (unpaired) electrons. The van der Waals surface area contributed by atoms with E-state index in [9.17, 15) is 39.9 Å². The van der Waals surface area contributed by atoms with Gasteiger partial charge in [0.1, 0.15) is 17.2 Å². The maximum atomic E-state index is 13.0.